The Hall–Kier alpha value is -2.48. The number of nitrogens with zero attached hydrogens (tertiary/aromatic N) is 3. The van der Waals surface area contributed by atoms with Crippen molar-refractivity contribution in [2.75, 3.05) is 0 Å². The van der Waals surface area contributed by atoms with E-state index in [0.717, 1.165) is 25.6 Å². The Kier molecular flexibility index (Phi) is 3.68. The number of halogens is 1. The fraction of sp³-hybridized carbons (Fsp3) is 0.0556. The van der Waals surface area contributed by atoms with Gasteiger partial charge in [-0.1, -0.05) is 23.8 Å². The van der Waals surface area contributed by atoms with Crippen molar-refractivity contribution >= 4 is 50.7 Å². The second-order valence-electron chi connectivity index (χ2n) is 5.59. The highest BCUT2D eigenvalue weighted by atomic mass is 127. The van der Waals surface area contributed by atoms with Crippen LogP contribution in [0.1, 0.15) is 11.1 Å². The Morgan fingerprint density at radius 2 is 2.12 bits per heavy atom. The molecule has 2 heterocycles. The number of hydrogen-bond acceptors (Lipinski definition) is 3. The number of H-pyrrole nitrogens is 1. The van der Waals surface area contributed by atoms with Gasteiger partial charge in [-0.05, 0) is 59.3 Å². The quantitative estimate of drug-likeness (QED) is 0.391. The summed E-state index contributed by atoms with van der Waals surface area (Å²) in [4.78, 5) is 20.2. The van der Waals surface area contributed by atoms with Gasteiger partial charge in [0.25, 0.3) is 5.56 Å². The van der Waals surface area contributed by atoms with Crippen molar-refractivity contribution < 1.29 is 0 Å². The van der Waals surface area contributed by atoms with E-state index in [1.165, 1.54) is 11.0 Å². The normalized spacial score (nSPS) is 11.8. The van der Waals surface area contributed by atoms with Crippen LogP contribution in [0.2, 0.25) is 0 Å². The third kappa shape index (κ3) is 2.62. The molecule has 0 saturated carbocycles. The largest absolute Gasteiger partial charge is 0.349 e. The van der Waals surface area contributed by atoms with Crippen LogP contribution in [0.15, 0.2) is 58.7 Å². The summed E-state index contributed by atoms with van der Waals surface area (Å²) in [7, 11) is 0. The van der Waals surface area contributed by atoms with E-state index in [1.54, 1.807) is 6.21 Å². The first-order valence-electron chi connectivity index (χ1n) is 7.41. The van der Waals surface area contributed by atoms with E-state index in [2.05, 4.69) is 37.7 Å². The molecule has 0 saturated heterocycles. The van der Waals surface area contributed by atoms with Gasteiger partial charge < -0.3 is 4.98 Å². The van der Waals surface area contributed by atoms with Crippen LogP contribution in [0.4, 0.5) is 0 Å². The van der Waals surface area contributed by atoms with Crippen molar-refractivity contribution in [3.63, 3.8) is 0 Å². The van der Waals surface area contributed by atoms with Crippen LogP contribution in [0.3, 0.4) is 0 Å². The number of hydrogen-bond donors (Lipinski definition) is 1. The standard InChI is InChI=1S/C18H13IN4O/c1-11-5-6-15-14(7-11)16-17(22-15)18(24)23(10-20-16)21-9-12-3-2-4-13(19)8-12/h2-10,22H,1H3. The van der Waals surface area contributed by atoms with Gasteiger partial charge >= 0.3 is 0 Å². The number of fused-ring (bicyclic) bond motifs is 3. The van der Waals surface area contributed by atoms with Crippen LogP contribution in [0, 0.1) is 10.5 Å². The van der Waals surface area contributed by atoms with E-state index in [4.69, 9.17) is 0 Å². The molecule has 0 unspecified atom stereocenters. The third-order valence-corrected chi connectivity index (χ3v) is 4.50. The molecule has 4 aromatic rings. The van der Waals surface area contributed by atoms with E-state index < -0.39 is 0 Å². The Bertz CT molecular complexity index is 1160. The average Bonchev–Trinajstić information content (AvgIpc) is 2.93. The molecule has 0 fully saturated rings. The first-order valence-corrected chi connectivity index (χ1v) is 8.49. The molecule has 118 valence electrons. The highest BCUT2D eigenvalue weighted by Crippen LogP contribution is 2.22. The summed E-state index contributed by atoms with van der Waals surface area (Å²) in [6, 6.07) is 13.9. The molecule has 2 aromatic heterocycles. The number of nitrogens with one attached hydrogen (secondary N) is 1. The second-order valence-corrected chi connectivity index (χ2v) is 6.84. The summed E-state index contributed by atoms with van der Waals surface area (Å²) in [6.07, 6.45) is 3.12. The summed E-state index contributed by atoms with van der Waals surface area (Å²) in [5.74, 6) is 0. The van der Waals surface area contributed by atoms with E-state index in [1.807, 2.05) is 49.4 Å². The summed E-state index contributed by atoms with van der Waals surface area (Å²) in [5.41, 5.74) is 3.90. The maximum atomic E-state index is 12.6. The minimum absolute atomic E-state index is 0.212. The van der Waals surface area contributed by atoms with Crippen LogP contribution in [-0.2, 0) is 0 Å². The van der Waals surface area contributed by atoms with Crippen LogP contribution < -0.4 is 5.56 Å². The minimum Gasteiger partial charge on any atom is -0.349 e. The van der Waals surface area contributed by atoms with Crippen molar-refractivity contribution in [1.29, 1.82) is 0 Å². The Labute approximate surface area is 151 Å². The predicted molar refractivity (Wildman–Crippen MR) is 105 cm³/mol. The Morgan fingerprint density at radius 1 is 1.25 bits per heavy atom. The zero-order chi connectivity index (χ0) is 16.7. The highest BCUT2D eigenvalue weighted by molar-refractivity contribution is 14.1. The van der Waals surface area contributed by atoms with Gasteiger partial charge in [0.15, 0.2) is 0 Å². The lowest BCUT2D eigenvalue weighted by Gasteiger charge is -1.98. The van der Waals surface area contributed by atoms with Gasteiger partial charge in [0.05, 0.1) is 6.21 Å². The first kappa shape index (κ1) is 15.1. The van der Waals surface area contributed by atoms with Crippen molar-refractivity contribution in [3.05, 3.63) is 73.8 Å². The van der Waals surface area contributed by atoms with E-state index in [-0.39, 0.29) is 5.56 Å². The predicted octanol–water partition coefficient (Wildman–Crippen LogP) is 3.67. The number of aromatic amines is 1. The van der Waals surface area contributed by atoms with Crippen molar-refractivity contribution in [2.45, 2.75) is 6.92 Å². The fourth-order valence-electron chi connectivity index (χ4n) is 2.66. The molecule has 5 nitrogen and oxygen atoms in total. The van der Waals surface area contributed by atoms with Gasteiger partial charge in [-0.25, -0.2) is 4.98 Å². The average molecular weight is 428 g/mol. The van der Waals surface area contributed by atoms with Crippen LogP contribution in [0.25, 0.3) is 21.9 Å². The van der Waals surface area contributed by atoms with Crippen LogP contribution in [-0.4, -0.2) is 20.9 Å². The first-order chi connectivity index (χ1) is 11.6. The topological polar surface area (TPSA) is 63.0 Å². The fourth-order valence-corrected chi connectivity index (χ4v) is 3.23. The molecule has 0 radical (unpaired) electrons. The van der Waals surface area contributed by atoms with Crippen LogP contribution in [0.5, 0.6) is 0 Å². The Balaban J connectivity index is 1.84. The molecule has 0 aliphatic carbocycles. The molecule has 24 heavy (non-hydrogen) atoms. The van der Waals surface area contributed by atoms with Gasteiger partial charge in [0.2, 0.25) is 0 Å². The van der Waals surface area contributed by atoms with Gasteiger partial charge in [-0.15, -0.1) is 0 Å². The van der Waals surface area contributed by atoms with Gasteiger partial charge in [0.1, 0.15) is 17.4 Å². The van der Waals surface area contributed by atoms with E-state index >= 15 is 0 Å². The maximum Gasteiger partial charge on any atom is 0.298 e. The van der Waals surface area contributed by atoms with Crippen molar-refractivity contribution in [1.82, 2.24) is 14.6 Å². The molecule has 0 amide bonds. The molecule has 0 aliphatic heterocycles. The molecule has 2 aromatic carbocycles. The Morgan fingerprint density at radius 3 is 2.96 bits per heavy atom. The summed E-state index contributed by atoms with van der Waals surface area (Å²) < 4.78 is 2.37. The lowest BCUT2D eigenvalue weighted by atomic mass is 10.2. The molecule has 1 N–H and O–H groups in total. The summed E-state index contributed by atoms with van der Waals surface area (Å²) >= 11 is 2.24. The molecule has 6 heteroatoms. The molecular weight excluding hydrogens is 415 g/mol. The number of aryl methyl sites for hydroxylation is 1. The second kappa shape index (κ2) is 5.86. The zero-order valence-electron chi connectivity index (χ0n) is 12.8. The molecule has 4 rings (SSSR count). The van der Waals surface area contributed by atoms with Crippen LogP contribution >= 0.6 is 22.6 Å². The smallest absolute Gasteiger partial charge is 0.298 e. The molecule has 0 aliphatic rings. The molecular formula is C18H13IN4O. The van der Waals surface area contributed by atoms with Gasteiger partial charge in [0, 0.05) is 14.5 Å². The highest BCUT2D eigenvalue weighted by Gasteiger charge is 2.10. The van der Waals surface area contributed by atoms with Crippen molar-refractivity contribution in [3.8, 4) is 0 Å². The lowest BCUT2D eigenvalue weighted by Crippen LogP contribution is -2.17. The van der Waals surface area contributed by atoms with E-state index in [9.17, 15) is 4.79 Å². The molecule has 0 spiro atoms. The molecule has 0 bridgehead atoms. The monoisotopic (exact) mass is 428 g/mol. The maximum absolute atomic E-state index is 12.6. The lowest BCUT2D eigenvalue weighted by molar-refractivity contribution is 0.815. The number of aromatic nitrogens is 3. The zero-order valence-corrected chi connectivity index (χ0v) is 15.0. The molecule has 0 atom stereocenters. The summed E-state index contributed by atoms with van der Waals surface area (Å²) in [5, 5.41) is 5.20. The minimum atomic E-state index is -0.212. The third-order valence-electron chi connectivity index (χ3n) is 3.82. The number of benzene rings is 2. The van der Waals surface area contributed by atoms with Gasteiger partial charge in [-0.3, -0.25) is 4.79 Å². The number of rotatable bonds is 2. The summed E-state index contributed by atoms with van der Waals surface area (Å²) in [6.45, 7) is 2.02. The SMILES string of the molecule is Cc1ccc2[nH]c3c(=O)n(N=Cc4cccc(I)c4)cnc3c2c1. The van der Waals surface area contributed by atoms with Gasteiger partial charge in [-0.2, -0.15) is 9.78 Å². The van der Waals surface area contributed by atoms with Crippen molar-refractivity contribution in [2.24, 2.45) is 5.10 Å². The van der Waals surface area contributed by atoms with E-state index in [0.29, 0.717) is 11.0 Å².